The first-order valence-corrected chi connectivity index (χ1v) is 7.09. The minimum atomic E-state index is -4.12. The number of nitrogens with zero attached hydrogens (tertiary/aromatic N) is 3. The van der Waals surface area contributed by atoms with Gasteiger partial charge in [-0.3, -0.25) is 4.90 Å². The Morgan fingerprint density at radius 3 is 2.70 bits per heavy atom. The number of piperidine rings is 1. The SMILES string of the molecule is C[C@@H](c1nc(C2CC2)no1)N1CCC[C@H](C(F)(F)F)C1. The molecule has 2 aliphatic rings. The minimum Gasteiger partial charge on any atom is -0.338 e. The van der Waals surface area contributed by atoms with E-state index >= 15 is 0 Å². The molecule has 7 heteroatoms. The number of likely N-dealkylation sites (tertiary alicyclic amines) is 1. The van der Waals surface area contributed by atoms with E-state index < -0.39 is 12.1 Å². The van der Waals surface area contributed by atoms with Crippen molar-refractivity contribution in [2.24, 2.45) is 5.92 Å². The van der Waals surface area contributed by atoms with Crippen LogP contribution in [0.1, 0.15) is 56.3 Å². The molecule has 0 unspecified atom stereocenters. The molecule has 0 aromatic carbocycles. The Labute approximate surface area is 115 Å². The smallest absolute Gasteiger partial charge is 0.338 e. The zero-order valence-corrected chi connectivity index (χ0v) is 11.4. The predicted octanol–water partition coefficient (Wildman–Crippen LogP) is 3.28. The van der Waals surface area contributed by atoms with Crippen molar-refractivity contribution in [3.05, 3.63) is 11.7 Å². The molecule has 0 radical (unpaired) electrons. The first-order chi connectivity index (χ1) is 9.45. The molecule has 20 heavy (non-hydrogen) atoms. The van der Waals surface area contributed by atoms with Gasteiger partial charge in [-0.2, -0.15) is 18.2 Å². The fourth-order valence-corrected chi connectivity index (χ4v) is 2.71. The fraction of sp³-hybridized carbons (Fsp3) is 0.846. The van der Waals surface area contributed by atoms with Gasteiger partial charge in [0.1, 0.15) is 0 Å². The Morgan fingerprint density at radius 2 is 2.05 bits per heavy atom. The van der Waals surface area contributed by atoms with E-state index in [1.807, 2.05) is 6.92 Å². The number of hydrogen-bond acceptors (Lipinski definition) is 4. The van der Waals surface area contributed by atoms with Crippen LogP contribution in [0.5, 0.6) is 0 Å². The Bertz CT molecular complexity index is 470. The van der Waals surface area contributed by atoms with E-state index in [1.54, 1.807) is 4.90 Å². The van der Waals surface area contributed by atoms with E-state index in [9.17, 15) is 13.2 Å². The number of hydrogen-bond donors (Lipinski definition) is 0. The summed E-state index contributed by atoms with van der Waals surface area (Å²) in [6.45, 7) is 2.50. The molecule has 3 rings (SSSR count). The van der Waals surface area contributed by atoms with Crippen LogP contribution in [-0.4, -0.2) is 34.3 Å². The third-order valence-electron chi connectivity index (χ3n) is 4.22. The van der Waals surface area contributed by atoms with Crippen molar-refractivity contribution in [3.8, 4) is 0 Å². The van der Waals surface area contributed by atoms with Gasteiger partial charge < -0.3 is 4.52 Å². The molecule has 2 heterocycles. The van der Waals surface area contributed by atoms with Gasteiger partial charge in [0.25, 0.3) is 0 Å². The second kappa shape index (κ2) is 5.02. The van der Waals surface area contributed by atoms with Gasteiger partial charge in [0.05, 0.1) is 12.0 Å². The van der Waals surface area contributed by atoms with E-state index in [-0.39, 0.29) is 19.0 Å². The molecule has 0 N–H and O–H groups in total. The lowest BCUT2D eigenvalue weighted by molar-refractivity contribution is -0.188. The van der Waals surface area contributed by atoms with Crippen LogP contribution in [0.3, 0.4) is 0 Å². The lowest BCUT2D eigenvalue weighted by Gasteiger charge is -2.36. The van der Waals surface area contributed by atoms with Crippen molar-refractivity contribution in [2.45, 2.75) is 50.7 Å². The summed E-state index contributed by atoms with van der Waals surface area (Å²) in [7, 11) is 0. The Balaban J connectivity index is 1.67. The number of rotatable bonds is 3. The molecular weight excluding hydrogens is 271 g/mol. The maximum atomic E-state index is 12.8. The van der Waals surface area contributed by atoms with Crippen molar-refractivity contribution in [1.29, 1.82) is 0 Å². The quantitative estimate of drug-likeness (QED) is 0.856. The summed E-state index contributed by atoms with van der Waals surface area (Å²) in [6, 6.07) is -0.250. The molecule has 2 fully saturated rings. The second-order valence-electron chi connectivity index (χ2n) is 5.82. The molecule has 2 atom stereocenters. The average molecular weight is 289 g/mol. The van der Waals surface area contributed by atoms with E-state index in [1.165, 1.54) is 0 Å². The Morgan fingerprint density at radius 1 is 1.30 bits per heavy atom. The lowest BCUT2D eigenvalue weighted by Crippen LogP contribution is -2.42. The van der Waals surface area contributed by atoms with Gasteiger partial charge in [0.2, 0.25) is 5.89 Å². The summed E-state index contributed by atoms with van der Waals surface area (Å²) < 4.78 is 43.7. The molecule has 4 nitrogen and oxygen atoms in total. The normalized spacial score (nSPS) is 26.7. The van der Waals surface area contributed by atoms with Gasteiger partial charge in [-0.1, -0.05) is 5.16 Å². The third kappa shape index (κ3) is 2.82. The zero-order chi connectivity index (χ0) is 14.3. The molecule has 1 aliphatic heterocycles. The predicted molar refractivity (Wildman–Crippen MR) is 65.0 cm³/mol. The van der Waals surface area contributed by atoms with Gasteiger partial charge in [-0.15, -0.1) is 0 Å². The largest absolute Gasteiger partial charge is 0.393 e. The van der Waals surface area contributed by atoms with Crippen LogP contribution in [-0.2, 0) is 0 Å². The Hall–Kier alpha value is -1.11. The molecule has 1 aliphatic carbocycles. The van der Waals surface area contributed by atoms with Crippen molar-refractivity contribution in [2.75, 3.05) is 13.1 Å². The van der Waals surface area contributed by atoms with Crippen LogP contribution in [0, 0.1) is 5.92 Å². The molecular formula is C13H18F3N3O. The average Bonchev–Trinajstić information content (AvgIpc) is 3.15. The molecule has 112 valence electrons. The molecule has 1 aromatic rings. The molecule has 0 amide bonds. The Kier molecular flexibility index (Phi) is 3.48. The van der Waals surface area contributed by atoms with E-state index in [4.69, 9.17) is 4.52 Å². The minimum absolute atomic E-state index is 0.0197. The van der Waals surface area contributed by atoms with Crippen molar-refractivity contribution in [1.82, 2.24) is 15.0 Å². The van der Waals surface area contributed by atoms with Gasteiger partial charge in [-0.25, -0.2) is 0 Å². The highest BCUT2D eigenvalue weighted by molar-refractivity contribution is 5.05. The zero-order valence-electron chi connectivity index (χ0n) is 11.4. The van der Waals surface area contributed by atoms with Gasteiger partial charge in [0.15, 0.2) is 5.82 Å². The highest BCUT2D eigenvalue weighted by Crippen LogP contribution is 2.39. The summed E-state index contributed by atoms with van der Waals surface area (Å²) in [6.07, 6.45) is -1.20. The lowest BCUT2D eigenvalue weighted by atomic mass is 9.96. The third-order valence-corrected chi connectivity index (χ3v) is 4.22. The fourth-order valence-electron chi connectivity index (χ4n) is 2.71. The summed E-state index contributed by atoms with van der Waals surface area (Å²) in [5.41, 5.74) is 0. The van der Waals surface area contributed by atoms with Crippen LogP contribution in [0.15, 0.2) is 4.52 Å². The highest BCUT2D eigenvalue weighted by atomic mass is 19.4. The van der Waals surface area contributed by atoms with Gasteiger partial charge >= 0.3 is 6.18 Å². The van der Waals surface area contributed by atoms with E-state index in [0.29, 0.717) is 30.6 Å². The van der Waals surface area contributed by atoms with Crippen LogP contribution in [0.4, 0.5) is 13.2 Å². The van der Waals surface area contributed by atoms with Crippen molar-refractivity contribution in [3.63, 3.8) is 0 Å². The summed E-state index contributed by atoms with van der Waals surface area (Å²) in [5.74, 6) is 0.291. The van der Waals surface area contributed by atoms with E-state index in [2.05, 4.69) is 10.1 Å². The van der Waals surface area contributed by atoms with Crippen LogP contribution in [0.2, 0.25) is 0 Å². The van der Waals surface area contributed by atoms with E-state index in [0.717, 1.165) is 12.8 Å². The number of halogens is 3. The standard InChI is InChI=1S/C13H18F3N3O/c1-8(12-17-11(18-20-12)9-4-5-9)19-6-2-3-10(7-19)13(14,15)16/h8-10H,2-7H2,1H3/t8-,10-/m0/s1. The van der Waals surface area contributed by atoms with Crippen molar-refractivity contribution >= 4 is 0 Å². The second-order valence-corrected chi connectivity index (χ2v) is 5.82. The van der Waals surface area contributed by atoms with Gasteiger partial charge in [0, 0.05) is 12.5 Å². The van der Waals surface area contributed by atoms with Crippen LogP contribution >= 0.6 is 0 Å². The first-order valence-electron chi connectivity index (χ1n) is 7.09. The highest BCUT2D eigenvalue weighted by Gasteiger charge is 2.43. The monoisotopic (exact) mass is 289 g/mol. The molecule has 1 saturated heterocycles. The molecule has 0 spiro atoms. The van der Waals surface area contributed by atoms with Gasteiger partial charge in [-0.05, 0) is 39.2 Å². The summed E-state index contributed by atoms with van der Waals surface area (Å²) in [5, 5.41) is 3.93. The molecule has 1 saturated carbocycles. The number of aromatic nitrogens is 2. The maximum absolute atomic E-state index is 12.8. The summed E-state index contributed by atoms with van der Waals surface area (Å²) >= 11 is 0. The van der Waals surface area contributed by atoms with Crippen LogP contribution in [0.25, 0.3) is 0 Å². The van der Waals surface area contributed by atoms with Crippen molar-refractivity contribution < 1.29 is 17.7 Å². The molecule has 0 bridgehead atoms. The topological polar surface area (TPSA) is 42.2 Å². The number of alkyl halides is 3. The maximum Gasteiger partial charge on any atom is 0.393 e. The summed E-state index contributed by atoms with van der Waals surface area (Å²) in [4.78, 5) is 6.13. The first kappa shape index (κ1) is 13.9. The van der Waals surface area contributed by atoms with Crippen LogP contribution < -0.4 is 0 Å². The molecule has 1 aromatic heterocycles.